The minimum Gasteiger partial charge on any atom is -0.481 e. The Hall–Kier alpha value is -1.10. The number of carbonyl (C=O) groups excluding carboxylic acids is 1. The predicted octanol–water partition coefficient (Wildman–Crippen LogP) is 0.746. The summed E-state index contributed by atoms with van der Waals surface area (Å²) in [6.45, 7) is 4.45. The van der Waals surface area contributed by atoms with Gasteiger partial charge in [-0.15, -0.1) is 0 Å². The third kappa shape index (κ3) is 5.68. The van der Waals surface area contributed by atoms with Gasteiger partial charge < -0.3 is 15.7 Å². The highest BCUT2D eigenvalue weighted by atomic mass is 16.4. The predicted molar refractivity (Wildman–Crippen MR) is 64.7 cm³/mol. The van der Waals surface area contributed by atoms with E-state index < -0.39 is 11.4 Å². The van der Waals surface area contributed by atoms with Crippen LogP contribution in [-0.2, 0) is 9.59 Å². The third-order valence-electron chi connectivity index (χ3n) is 3.01. The second kappa shape index (κ2) is 6.00. The van der Waals surface area contributed by atoms with E-state index in [-0.39, 0.29) is 5.91 Å². The van der Waals surface area contributed by atoms with Crippen molar-refractivity contribution in [2.45, 2.75) is 45.6 Å². The maximum Gasteiger partial charge on any atom is 0.309 e. The van der Waals surface area contributed by atoms with Gasteiger partial charge >= 0.3 is 5.97 Å². The number of hydrogen-bond acceptors (Lipinski definition) is 3. The zero-order valence-corrected chi connectivity index (χ0v) is 10.6. The summed E-state index contributed by atoms with van der Waals surface area (Å²) in [5, 5.41) is 14.9. The molecule has 1 rings (SSSR count). The molecule has 0 aromatic carbocycles. The van der Waals surface area contributed by atoms with Gasteiger partial charge in [0.05, 0.1) is 5.41 Å². The normalized spacial score (nSPS) is 15.6. The van der Waals surface area contributed by atoms with Crippen molar-refractivity contribution in [3.63, 3.8) is 0 Å². The lowest BCUT2D eigenvalue weighted by Crippen LogP contribution is -2.33. The first kappa shape index (κ1) is 14.0. The Labute approximate surface area is 102 Å². The van der Waals surface area contributed by atoms with Gasteiger partial charge in [0.1, 0.15) is 0 Å². The molecule has 3 N–H and O–H groups in total. The fourth-order valence-electron chi connectivity index (χ4n) is 1.39. The lowest BCUT2D eigenvalue weighted by molar-refractivity contribution is -0.147. The Morgan fingerprint density at radius 1 is 1.29 bits per heavy atom. The van der Waals surface area contributed by atoms with Gasteiger partial charge in [-0.3, -0.25) is 9.59 Å². The van der Waals surface area contributed by atoms with Crippen molar-refractivity contribution in [3.8, 4) is 0 Å². The molecule has 0 radical (unpaired) electrons. The van der Waals surface area contributed by atoms with Gasteiger partial charge in [-0.1, -0.05) is 0 Å². The maximum absolute atomic E-state index is 11.4. The molecule has 1 amide bonds. The fourth-order valence-corrected chi connectivity index (χ4v) is 1.39. The molecule has 5 heteroatoms. The Morgan fingerprint density at radius 3 is 2.47 bits per heavy atom. The van der Waals surface area contributed by atoms with E-state index in [1.54, 1.807) is 13.8 Å². The average molecular weight is 242 g/mol. The Balaban J connectivity index is 2.04. The van der Waals surface area contributed by atoms with Crippen molar-refractivity contribution in [2.75, 3.05) is 13.1 Å². The van der Waals surface area contributed by atoms with Crippen LogP contribution in [-0.4, -0.2) is 36.1 Å². The molecule has 5 nitrogen and oxygen atoms in total. The van der Waals surface area contributed by atoms with Crippen LogP contribution in [0.15, 0.2) is 0 Å². The molecule has 0 atom stereocenters. The Kier molecular flexibility index (Phi) is 4.93. The first-order valence-electron chi connectivity index (χ1n) is 6.15. The van der Waals surface area contributed by atoms with Gasteiger partial charge in [0.2, 0.25) is 5.91 Å². The molecule has 1 fully saturated rings. The molecule has 98 valence electrons. The first-order chi connectivity index (χ1) is 7.92. The van der Waals surface area contributed by atoms with Crippen LogP contribution in [0.4, 0.5) is 0 Å². The van der Waals surface area contributed by atoms with E-state index in [1.807, 2.05) is 0 Å². The summed E-state index contributed by atoms with van der Waals surface area (Å²) in [6.07, 6.45) is 3.34. The highest BCUT2D eigenvalue weighted by molar-refractivity contribution is 5.76. The number of rotatable bonds is 8. The minimum absolute atomic E-state index is 0.0145. The number of carbonyl (C=O) groups is 2. The molecule has 0 bridgehead atoms. The third-order valence-corrected chi connectivity index (χ3v) is 3.01. The smallest absolute Gasteiger partial charge is 0.309 e. The molecule has 1 saturated carbocycles. The number of hydrogen-bond donors (Lipinski definition) is 3. The van der Waals surface area contributed by atoms with Crippen molar-refractivity contribution < 1.29 is 14.7 Å². The summed E-state index contributed by atoms with van der Waals surface area (Å²) in [5.41, 5.74) is -0.778. The molecule has 0 heterocycles. The molecule has 0 spiro atoms. The Morgan fingerprint density at radius 2 is 1.94 bits per heavy atom. The van der Waals surface area contributed by atoms with E-state index in [4.69, 9.17) is 5.11 Å². The Bertz CT molecular complexity index is 285. The number of carboxylic acid groups (broad SMARTS) is 1. The number of nitrogens with one attached hydrogen (secondary N) is 2. The SMILES string of the molecule is CC(C)(CCNC(=O)CCNC1CC1)C(=O)O. The standard InChI is InChI=1S/C12H22N2O3/c1-12(2,11(16)17)6-8-14-10(15)5-7-13-9-3-4-9/h9,13H,3-8H2,1-2H3,(H,14,15)(H,16,17). The maximum atomic E-state index is 11.4. The molecule has 0 saturated heterocycles. The van der Waals surface area contributed by atoms with E-state index in [0.29, 0.717) is 32.0 Å². The second-order valence-corrected chi connectivity index (χ2v) is 5.27. The lowest BCUT2D eigenvalue weighted by Gasteiger charge is -2.18. The summed E-state index contributed by atoms with van der Waals surface area (Å²) in [7, 11) is 0. The second-order valence-electron chi connectivity index (χ2n) is 5.27. The lowest BCUT2D eigenvalue weighted by atomic mass is 9.90. The highest BCUT2D eigenvalue weighted by Gasteiger charge is 2.26. The quantitative estimate of drug-likeness (QED) is 0.587. The van der Waals surface area contributed by atoms with Crippen molar-refractivity contribution in [3.05, 3.63) is 0 Å². The van der Waals surface area contributed by atoms with Gasteiger partial charge in [0.15, 0.2) is 0 Å². The van der Waals surface area contributed by atoms with Crippen LogP contribution in [0.3, 0.4) is 0 Å². The van der Waals surface area contributed by atoms with Crippen molar-refractivity contribution >= 4 is 11.9 Å². The van der Waals surface area contributed by atoms with Crippen molar-refractivity contribution in [2.24, 2.45) is 5.41 Å². The summed E-state index contributed by atoms with van der Waals surface area (Å²) in [5.74, 6) is -0.846. The summed E-state index contributed by atoms with van der Waals surface area (Å²) in [6, 6.07) is 0.619. The molecule has 0 aromatic rings. The summed E-state index contributed by atoms with van der Waals surface area (Å²) < 4.78 is 0. The molecule has 0 aromatic heterocycles. The summed E-state index contributed by atoms with van der Waals surface area (Å²) in [4.78, 5) is 22.2. The fraction of sp³-hybridized carbons (Fsp3) is 0.833. The zero-order valence-electron chi connectivity index (χ0n) is 10.6. The largest absolute Gasteiger partial charge is 0.481 e. The highest BCUT2D eigenvalue weighted by Crippen LogP contribution is 2.19. The van der Waals surface area contributed by atoms with E-state index in [9.17, 15) is 9.59 Å². The number of carboxylic acids is 1. The van der Waals surface area contributed by atoms with E-state index >= 15 is 0 Å². The number of aliphatic carboxylic acids is 1. The van der Waals surface area contributed by atoms with Crippen LogP contribution < -0.4 is 10.6 Å². The van der Waals surface area contributed by atoms with Crippen LogP contribution in [0.1, 0.15) is 39.5 Å². The van der Waals surface area contributed by atoms with Gasteiger partial charge in [-0.25, -0.2) is 0 Å². The molecule has 17 heavy (non-hydrogen) atoms. The average Bonchev–Trinajstić information content (AvgIpc) is 3.01. The van der Waals surface area contributed by atoms with Crippen LogP contribution in [0.5, 0.6) is 0 Å². The van der Waals surface area contributed by atoms with Gasteiger partial charge in [-0.2, -0.15) is 0 Å². The monoisotopic (exact) mass is 242 g/mol. The van der Waals surface area contributed by atoms with Gasteiger partial charge in [-0.05, 0) is 33.1 Å². The van der Waals surface area contributed by atoms with E-state index in [0.717, 1.165) is 0 Å². The molecule has 1 aliphatic rings. The molecular formula is C12H22N2O3. The first-order valence-corrected chi connectivity index (χ1v) is 6.15. The van der Waals surface area contributed by atoms with Crippen LogP contribution in [0.2, 0.25) is 0 Å². The molecule has 1 aliphatic carbocycles. The van der Waals surface area contributed by atoms with E-state index in [2.05, 4.69) is 10.6 Å². The van der Waals surface area contributed by atoms with Crippen LogP contribution in [0.25, 0.3) is 0 Å². The van der Waals surface area contributed by atoms with Crippen LogP contribution in [0, 0.1) is 5.41 Å². The zero-order chi connectivity index (χ0) is 12.9. The topological polar surface area (TPSA) is 78.4 Å². The van der Waals surface area contributed by atoms with Crippen molar-refractivity contribution in [1.29, 1.82) is 0 Å². The minimum atomic E-state index is -0.831. The van der Waals surface area contributed by atoms with Crippen LogP contribution >= 0.6 is 0 Å². The van der Waals surface area contributed by atoms with E-state index in [1.165, 1.54) is 12.8 Å². The van der Waals surface area contributed by atoms with Crippen molar-refractivity contribution in [1.82, 2.24) is 10.6 Å². The van der Waals surface area contributed by atoms with Gasteiger partial charge in [0.25, 0.3) is 0 Å². The van der Waals surface area contributed by atoms with Gasteiger partial charge in [0, 0.05) is 25.6 Å². The molecule has 0 unspecified atom stereocenters. The molecule has 0 aliphatic heterocycles. The summed E-state index contributed by atoms with van der Waals surface area (Å²) >= 11 is 0. The number of amides is 1. The molecular weight excluding hydrogens is 220 g/mol.